The van der Waals surface area contributed by atoms with Crippen molar-refractivity contribution < 1.29 is 23.9 Å². The predicted molar refractivity (Wildman–Crippen MR) is 149 cm³/mol. The molecule has 0 saturated heterocycles. The van der Waals surface area contributed by atoms with Crippen LogP contribution in [0.1, 0.15) is 22.8 Å². The van der Waals surface area contributed by atoms with Crippen LogP contribution in [-0.2, 0) is 9.59 Å². The lowest BCUT2D eigenvalue weighted by molar-refractivity contribution is -0.136. The molecule has 10 nitrogen and oxygen atoms in total. The third-order valence-corrected chi connectivity index (χ3v) is 6.31. The Kier molecular flexibility index (Phi) is 9.21. The zero-order valence-electron chi connectivity index (χ0n) is 20.2. The summed E-state index contributed by atoms with van der Waals surface area (Å²) in [6, 6.07) is 18.4. The first-order valence-electron chi connectivity index (χ1n) is 11.3. The van der Waals surface area contributed by atoms with E-state index in [2.05, 4.69) is 26.0 Å². The minimum Gasteiger partial charge on any atom is -0.490 e. The summed E-state index contributed by atoms with van der Waals surface area (Å²) in [6.07, 6.45) is 1.30. The molecule has 0 aliphatic rings. The van der Waals surface area contributed by atoms with E-state index in [0.29, 0.717) is 22.2 Å². The van der Waals surface area contributed by atoms with Gasteiger partial charge in [0, 0.05) is 10.6 Å². The number of benzene rings is 3. The fourth-order valence-electron chi connectivity index (χ4n) is 3.11. The maximum atomic E-state index is 12.6. The number of anilines is 1. The first-order valence-corrected chi connectivity index (χ1v) is 12.9. The van der Waals surface area contributed by atoms with Gasteiger partial charge in [-0.1, -0.05) is 64.9 Å². The third-order valence-electron chi connectivity index (χ3n) is 4.87. The molecule has 2 amide bonds. The summed E-state index contributed by atoms with van der Waals surface area (Å²) in [7, 11) is 0. The Hall–Kier alpha value is -4.32. The molecule has 39 heavy (non-hydrogen) atoms. The molecule has 0 aliphatic heterocycles. The summed E-state index contributed by atoms with van der Waals surface area (Å²) in [5.41, 5.74) is 3.62. The Bertz CT molecular complexity index is 1540. The Morgan fingerprint density at radius 1 is 0.974 bits per heavy atom. The number of amides is 2. The van der Waals surface area contributed by atoms with Gasteiger partial charge in [-0.2, -0.15) is 5.10 Å². The summed E-state index contributed by atoms with van der Waals surface area (Å²) in [5, 5.41) is 15.4. The van der Waals surface area contributed by atoms with Gasteiger partial charge in [0.2, 0.25) is 5.13 Å². The Morgan fingerprint density at radius 3 is 2.51 bits per heavy atom. The van der Waals surface area contributed by atoms with Crippen molar-refractivity contribution in [2.75, 3.05) is 11.9 Å². The molecule has 2 N–H and O–H groups in total. The number of hydrogen-bond donors (Lipinski definition) is 2. The average Bonchev–Trinajstić information content (AvgIpc) is 3.39. The molecule has 1 heterocycles. The van der Waals surface area contributed by atoms with Gasteiger partial charge in [-0.15, -0.1) is 10.2 Å². The molecule has 0 saturated carbocycles. The zero-order chi connectivity index (χ0) is 27.8. The normalized spacial score (nSPS) is 10.7. The lowest BCUT2D eigenvalue weighted by atomic mass is 10.2. The molecule has 0 atom stereocenters. The topological polar surface area (TPSA) is 132 Å². The molecule has 0 bridgehead atoms. The largest absolute Gasteiger partial charge is 0.490 e. The van der Waals surface area contributed by atoms with Crippen molar-refractivity contribution >= 4 is 63.7 Å². The molecule has 1 aromatic heterocycles. The van der Waals surface area contributed by atoms with Crippen LogP contribution in [0.5, 0.6) is 11.5 Å². The second-order valence-electron chi connectivity index (χ2n) is 7.58. The number of aromatic nitrogens is 2. The van der Waals surface area contributed by atoms with E-state index in [9.17, 15) is 14.4 Å². The highest BCUT2D eigenvalue weighted by atomic mass is 35.5. The summed E-state index contributed by atoms with van der Waals surface area (Å²) in [5.74, 6) is -2.24. The number of hydrazone groups is 1. The number of ether oxygens (including phenoxy) is 2. The highest BCUT2D eigenvalue weighted by molar-refractivity contribution is 7.18. The van der Waals surface area contributed by atoms with Gasteiger partial charge in [0.05, 0.1) is 23.4 Å². The van der Waals surface area contributed by atoms with E-state index >= 15 is 0 Å². The van der Waals surface area contributed by atoms with E-state index < -0.39 is 17.8 Å². The summed E-state index contributed by atoms with van der Waals surface area (Å²) in [6.45, 7) is 2.06. The summed E-state index contributed by atoms with van der Waals surface area (Å²) < 4.78 is 11.0. The van der Waals surface area contributed by atoms with E-state index in [1.165, 1.54) is 30.5 Å². The van der Waals surface area contributed by atoms with Gasteiger partial charge in [-0.25, -0.2) is 10.2 Å². The lowest BCUT2D eigenvalue weighted by Crippen LogP contribution is -2.32. The van der Waals surface area contributed by atoms with Gasteiger partial charge < -0.3 is 9.47 Å². The molecule has 4 aromatic rings. The Labute approximate surface area is 236 Å². The molecular weight excluding hydrogens is 565 g/mol. The Morgan fingerprint density at radius 2 is 1.77 bits per heavy atom. The van der Waals surface area contributed by atoms with E-state index in [1.54, 1.807) is 19.1 Å². The predicted octanol–water partition coefficient (Wildman–Crippen LogP) is 5.22. The number of carbonyl (C=O) groups is 3. The van der Waals surface area contributed by atoms with Crippen molar-refractivity contribution in [2.24, 2.45) is 5.10 Å². The van der Waals surface area contributed by atoms with Gasteiger partial charge in [-0.05, 0) is 48.9 Å². The van der Waals surface area contributed by atoms with Crippen molar-refractivity contribution in [3.63, 3.8) is 0 Å². The van der Waals surface area contributed by atoms with Crippen LogP contribution in [0.3, 0.4) is 0 Å². The SMILES string of the molecule is CCOc1cc(/C=N/NC(=O)C(=O)Nc2nnc(-c3ccccc3)s2)ccc1OC(=O)c1ccc(Cl)cc1Cl. The number of carbonyl (C=O) groups excluding carboxylic acids is 3. The van der Waals surface area contributed by atoms with Crippen LogP contribution >= 0.6 is 34.5 Å². The number of rotatable bonds is 8. The minimum absolute atomic E-state index is 0.139. The molecule has 3 aromatic carbocycles. The minimum atomic E-state index is -1.00. The molecule has 13 heteroatoms. The van der Waals surface area contributed by atoms with E-state index in [1.807, 2.05) is 30.3 Å². The number of halogens is 2. The van der Waals surface area contributed by atoms with Crippen molar-refractivity contribution in [1.82, 2.24) is 15.6 Å². The van der Waals surface area contributed by atoms with Gasteiger partial charge in [-0.3, -0.25) is 14.9 Å². The fraction of sp³-hybridized carbons (Fsp3) is 0.0769. The number of nitrogens with zero attached hydrogens (tertiary/aromatic N) is 3. The first kappa shape index (κ1) is 27.7. The van der Waals surface area contributed by atoms with Crippen molar-refractivity contribution in [2.45, 2.75) is 6.92 Å². The molecule has 0 unspecified atom stereocenters. The molecule has 4 rings (SSSR count). The lowest BCUT2D eigenvalue weighted by Gasteiger charge is -2.12. The molecule has 198 valence electrons. The molecule has 0 fully saturated rings. The van der Waals surface area contributed by atoms with Crippen LogP contribution in [0, 0.1) is 0 Å². The quantitative estimate of drug-likeness (QED) is 0.0955. The highest BCUT2D eigenvalue weighted by Gasteiger charge is 2.18. The van der Waals surface area contributed by atoms with Gasteiger partial charge in [0.1, 0.15) is 5.01 Å². The fourth-order valence-corrected chi connectivity index (χ4v) is 4.34. The van der Waals surface area contributed by atoms with Crippen LogP contribution in [0.2, 0.25) is 10.0 Å². The monoisotopic (exact) mass is 583 g/mol. The van der Waals surface area contributed by atoms with Crippen LogP contribution in [-0.4, -0.2) is 40.8 Å². The molecule has 0 spiro atoms. The van der Waals surface area contributed by atoms with Crippen LogP contribution in [0.25, 0.3) is 10.6 Å². The van der Waals surface area contributed by atoms with E-state index in [-0.39, 0.29) is 27.2 Å². The number of hydrogen-bond acceptors (Lipinski definition) is 9. The molecule has 0 aliphatic carbocycles. The second kappa shape index (κ2) is 13.0. The number of esters is 1. The molecule has 0 radical (unpaired) electrons. The number of nitrogens with one attached hydrogen (secondary N) is 2. The van der Waals surface area contributed by atoms with E-state index in [4.69, 9.17) is 32.7 Å². The van der Waals surface area contributed by atoms with E-state index in [0.717, 1.165) is 16.9 Å². The third kappa shape index (κ3) is 7.38. The maximum Gasteiger partial charge on any atom is 0.345 e. The smallest absolute Gasteiger partial charge is 0.345 e. The van der Waals surface area contributed by atoms with Gasteiger partial charge >= 0.3 is 17.8 Å². The van der Waals surface area contributed by atoms with Crippen molar-refractivity contribution in [3.8, 4) is 22.1 Å². The highest BCUT2D eigenvalue weighted by Crippen LogP contribution is 2.30. The van der Waals surface area contributed by atoms with Gasteiger partial charge in [0.15, 0.2) is 11.5 Å². The van der Waals surface area contributed by atoms with Crippen LogP contribution in [0.4, 0.5) is 5.13 Å². The average molecular weight is 584 g/mol. The van der Waals surface area contributed by atoms with Crippen LogP contribution in [0.15, 0.2) is 71.8 Å². The maximum absolute atomic E-state index is 12.6. The van der Waals surface area contributed by atoms with Gasteiger partial charge in [0.25, 0.3) is 0 Å². The first-order chi connectivity index (χ1) is 18.8. The standard InChI is InChI=1S/C26H19Cl2N5O5S/c1-2-37-21-12-15(8-11-20(21)38-25(36)18-10-9-17(27)13-19(18)28)14-29-31-23(35)22(34)30-26-33-32-24(39-26)16-6-4-3-5-7-16/h3-14H,2H2,1H3,(H,31,35)(H,30,33,34)/b29-14+. The van der Waals surface area contributed by atoms with Crippen molar-refractivity contribution in [1.29, 1.82) is 0 Å². The zero-order valence-corrected chi connectivity index (χ0v) is 22.5. The van der Waals surface area contributed by atoms with Crippen LogP contribution < -0.4 is 20.2 Å². The Balaban J connectivity index is 1.36. The summed E-state index contributed by atoms with van der Waals surface area (Å²) >= 11 is 13.1. The summed E-state index contributed by atoms with van der Waals surface area (Å²) in [4.78, 5) is 36.9. The molecular formula is C26H19Cl2N5O5S. The second-order valence-corrected chi connectivity index (χ2v) is 9.41. The van der Waals surface area contributed by atoms with Crippen molar-refractivity contribution in [3.05, 3.63) is 87.9 Å².